The topological polar surface area (TPSA) is 101 Å². The maximum Gasteiger partial charge on any atom is 0.283 e. The van der Waals surface area contributed by atoms with Crippen LogP contribution in [0.2, 0.25) is 5.02 Å². The van der Waals surface area contributed by atoms with Gasteiger partial charge in [0.25, 0.3) is 11.6 Å². The van der Waals surface area contributed by atoms with Crippen LogP contribution in [0.5, 0.6) is 0 Å². The van der Waals surface area contributed by atoms with Gasteiger partial charge in [-0.1, -0.05) is 31.0 Å². The number of carbonyl (C=O) groups excluding carboxylic acids is 2. The van der Waals surface area contributed by atoms with Crippen molar-refractivity contribution in [3.8, 4) is 0 Å². The van der Waals surface area contributed by atoms with E-state index in [9.17, 15) is 19.7 Å². The Kier molecular flexibility index (Phi) is 6.61. The zero-order valence-corrected chi connectivity index (χ0v) is 12.3. The fourth-order valence-corrected chi connectivity index (χ4v) is 1.86. The number of nitro benzene ring substituents is 1. The molecular formula is C13H16ClN3O4. The van der Waals surface area contributed by atoms with Crippen molar-refractivity contribution in [3.05, 3.63) is 38.9 Å². The molecule has 1 aromatic carbocycles. The predicted molar refractivity (Wildman–Crippen MR) is 78.4 cm³/mol. The van der Waals surface area contributed by atoms with Crippen molar-refractivity contribution in [3.63, 3.8) is 0 Å². The number of hydrogen-bond acceptors (Lipinski definition) is 4. The molecule has 0 fully saturated rings. The highest BCUT2D eigenvalue weighted by molar-refractivity contribution is 6.34. The van der Waals surface area contributed by atoms with Crippen LogP contribution in [0.3, 0.4) is 0 Å². The third-order valence-electron chi connectivity index (χ3n) is 2.68. The number of carbonyl (C=O) groups is 2. The molecule has 0 aliphatic rings. The van der Waals surface area contributed by atoms with Crippen molar-refractivity contribution in [2.75, 3.05) is 13.1 Å². The third-order valence-corrected chi connectivity index (χ3v) is 2.99. The molecule has 0 heterocycles. The number of nitrogens with one attached hydrogen (secondary N) is 2. The fourth-order valence-electron chi connectivity index (χ4n) is 1.61. The maximum atomic E-state index is 11.9. The molecule has 0 aliphatic heterocycles. The Balaban J connectivity index is 2.68. The zero-order valence-electron chi connectivity index (χ0n) is 11.5. The average Bonchev–Trinajstić information content (AvgIpc) is 2.44. The number of nitro groups is 1. The first-order valence-electron chi connectivity index (χ1n) is 6.45. The summed E-state index contributed by atoms with van der Waals surface area (Å²) in [5.41, 5.74) is -0.642. The molecular weight excluding hydrogens is 298 g/mol. The van der Waals surface area contributed by atoms with Crippen LogP contribution in [0.25, 0.3) is 0 Å². The smallest absolute Gasteiger partial charge is 0.283 e. The van der Waals surface area contributed by atoms with Crippen LogP contribution < -0.4 is 10.6 Å². The quantitative estimate of drug-likeness (QED) is 0.456. The minimum absolute atomic E-state index is 0.0342. The molecule has 114 valence electrons. The molecule has 2 N–H and O–H groups in total. The summed E-state index contributed by atoms with van der Waals surface area (Å²) in [7, 11) is 0. The Labute approximate surface area is 126 Å². The molecule has 0 aliphatic carbocycles. The molecule has 1 aromatic rings. The fraction of sp³-hybridized carbons (Fsp3) is 0.385. The van der Waals surface area contributed by atoms with E-state index in [-0.39, 0.29) is 23.0 Å². The molecule has 0 spiro atoms. The van der Waals surface area contributed by atoms with Crippen LogP contribution >= 0.6 is 11.6 Å². The largest absolute Gasteiger partial charge is 0.355 e. The van der Waals surface area contributed by atoms with Crippen LogP contribution in [0.1, 0.15) is 30.1 Å². The SMILES string of the molecule is CCCCNC(=O)CNC(=O)c1c(Cl)cccc1[N+](=O)[O-]. The van der Waals surface area contributed by atoms with Gasteiger partial charge in [0.15, 0.2) is 0 Å². The summed E-state index contributed by atoms with van der Waals surface area (Å²) in [5.74, 6) is -1.11. The van der Waals surface area contributed by atoms with Gasteiger partial charge in [0.2, 0.25) is 5.91 Å². The number of unbranched alkanes of at least 4 members (excludes halogenated alkanes) is 1. The first kappa shape index (κ1) is 16.9. The van der Waals surface area contributed by atoms with Gasteiger partial charge in [0.05, 0.1) is 16.5 Å². The van der Waals surface area contributed by atoms with E-state index in [1.54, 1.807) is 0 Å². The van der Waals surface area contributed by atoms with Crippen LogP contribution in [-0.2, 0) is 4.79 Å². The minimum Gasteiger partial charge on any atom is -0.355 e. The molecule has 0 aromatic heterocycles. The van der Waals surface area contributed by atoms with Crippen LogP contribution in [-0.4, -0.2) is 29.8 Å². The number of amides is 2. The second-order valence-electron chi connectivity index (χ2n) is 4.28. The van der Waals surface area contributed by atoms with Crippen molar-refractivity contribution in [1.29, 1.82) is 0 Å². The minimum atomic E-state index is -0.752. The lowest BCUT2D eigenvalue weighted by Crippen LogP contribution is -2.37. The van der Waals surface area contributed by atoms with Crippen molar-refractivity contribution >= 4 is 29.1 Å². The zero-order chi connectivity index (χ0) is 15.8. The molecule has 0 unspecified atom stereocenters. The van der Waals surface area contributed by atoms with Gasteiger partial charge in [-0.15, -0.1) is 0 Å². The van der Waals surface area contributed by atoms with Gasteiger partial charge in [0.1, 0.15) is 5.56 Å². The molecule has 0 bridgehead atoms. The van der Waals surface area contributed by atoms with Crippen molar-refractivity contribution in [1.82, 2.24) is 10.6 Å². The number of rotatable bonds is 7. The number of nitrogens with zero attached hydrogens (tertiary/aromatic N) is 1. The van der Waals surface area contributed by atoms with E-state index in [2.05, 4.69) is 10.6 Å². The average molecular weight is 314 g/mol. The molecule has 21 heavy (non-hydrogen) atoms. The molecule has 7 nitrogen and oxygen atoms in total. The molecule has 8 heteroatoms. The van der Waals surface area contributed by atoms with Crippen LogP contribution in [0.15, 0.2) is 18.2 Å². The highest BCUT2D eigenvalue weighted by Crippen LogP contribution is 2.25. The predicted octanol–water partition coefficient (Wildman–Crippen LogP) is 1.89. The first-order valence-corrected chi connectivity index (χ1v) is 6.83. The third kappa shape index (κ3) is 5.03. The van der Waals surface area contributed by atoms with Gasteiger partial charge in [-0.05, 0) is 12.5 Å². The number of hydrogen-bond donors (Lipinski definition) is 2. The van der Waals surface area contributed by atoms with Gasteiger partial charge >= 0.3 is 0 Å². The first-order chi connectivity index (χ1) is 9.97. The summed E-state index contributed by atoms with van der Waals surface area (Å²) in [6, 6.07) is 3.95. The number of halogens is 1. The molecule has 0 atom stereocenters. The highest BCUT2D eigenvalue weighted by atomic mass is 35.5. The molecule has 0 radical (unpaired) electrons. The normalized spacial score (nSPS) is 10.0. The van der Waals surface area contributed by atoms with E-state index in [1.165, 1.54) is 18.2 Å². The van der Waals surface area contributed by atoms with Gasteiger partial charge in [-0.2, -0.15) is 0 Å². The van der Waals surface area contributed by atoms with Gasteiger partial charge in [-0.3, -0.25) is 19.7 Å². The Bertz CT molecular complexity index is 548. The Morgan fingerprint density at radius 3 is 2.67 bits per heavy atom. The van der Waals surface area contributed by atoms with Crippen molar-refractivity contribution < 1.29 is 14.5 Å². The lowest BCUT2D eigenvalue weighted by Gasteiger charge is -2.08. The monoisotopic (exact) mass is 313 g/mol. The van der Waals surface area contributed by atoms with E-state index in [1.807, 2.05) is 6.92 Å². The Hall–Kier alpha value is -2.15. The van der Waals surface area contributed by atoms with Crippen molar-refractivity contribution in [2.24, 2.45) is 0 Å². The van der Waals surface area contributed by atoms with Crippen LogP contribution in [0.4, 0.5) is 5.69 Å². The second-order valence-corrected chi connectivity index (χ2v) is 4.68. The summed E-state index contributed by atoms with van der Waals surface area (Å²) in [6.45, 7) is 2.26. The van der Waals surface area contributed by atoms with E-state index >= 15 is 0 Å². The standard InChI is InChI=1S/C13H16ClN3O4/c1-2-3-7-15-11(18)8-16-13(19)12-9(14)5-4-6-10(12)17(20)21/h4-6H,2-3,7-8H2,1H3,(H,15,18)(H,16,19). The number of benzene rings is 1. The van der Waals surface area contributed by atoms with E-state index in [0.717, 1.165) is 12.8 Å². The second kappa shape index (κ2) is 8.21. The Morgan fingerprint density at radius 2 is 2.05 bits per heavy atom. The summed E-state index contributed by atoms with van der Waals surface area (Å²) in [4.78, 5) is 33.6. The summed E-state index contributed by atoms with van der Waals surface area (Å²) < 4.78 is 0. The highest BCUT2D eigenvalue weighted by Gasteiger charge is 2.23. The summed E-state index contributed by atoms with van der Waals surface area (Å²) in [5, 5.41) is 15.8. The lowest BCUT2D eigenvalue weighted by atomic mass is 10.1. The maximum absolute atomic E-state index is 11.9. The summed E-state index contributed by atoms with van der Waals surface area (Å²) in [6.07, 6.45) is 1.79. The van der Waals surface area contributed by atoms with E-state index in [4.69, 9.17) is 11.6 Å². The molecule has 0 saturated heterocycles. The van der Waals surface area contributed by atoms with E-state index in [0.29, 0.717) is 6.54 Å². The Morgan fingerprint density at radius 1 is 1.33 bits per heavy atom. The van der Waals surface area contributed by atoms with Crippen molar-refractivity contribution in [2.45, 2.75) is 19.8 Å². The lowest BCUT2D eigenvalue weighted by molar-refractivity contribution is -0.385. The van der Waals surface area contributed by atoms with Gasteiger partial charge < -0.3 is 10.6 Å². The summed E-state index contributed by atoms with van der Waals surface area (Å²) >= 11 is 5.82. The van der Waals surface area contributed by atoms with Gasteiger partial charge in [-0.25, -0.2) is 0 Å². The molecule has 0 saturated carbocycles. The molecule has 2 amide bonds. The van der Waals surface area contributed by atoms with E-state index < -0.39 is 16.5 Å². The van der Waals surface area contributed by atoms with Gasteiger partial charge in [0, 0.05) is 12.6 Å². The van der Waals surface area contributed by atoms with Crippen LogP contribution in [0, 0.1) is 10.1 Å². The molecule has 1 rings (SSSR count).